The van der Waals surface area contributed by atoms with E-state index in [0.717, 1.165) is 18.6 Å². The highest BCUT2D eigenvalue weighted by Crippen LogP contribution is 2.15. The van der Waals surface area contributed by atoms with Crippen molar-refractivity contribution in [3.8, 4) is 0 Å². The predicted octanol–water partition coefficient (Wildman–Crippen LogP) is 1.97. The van der Waals surface area contributed by atoms with Gasteiger partial charge in [0.2, 0.25) is 5.95 Å². The fourth-order valence-electron chi connectivity index (χ4n) is 1.76. The number of aromatic amines is 1. The number of nitrogens with one attached hydrogen (secondary N) is 3. The lowest BCUT2D eigenvalue weighted by molar-refractivity contribution is 0.568. The Morgan fingerprint density at radius 3 is 3.00 bits per heavy atom. The molecule has 0 saturated carbocycles. The zero-order valence-electron chi connectivity index (χ0n) is 10.0. The van der Waals surface area contributed by atoms with Gasteiger partial charge >= 0.3 is 0 Å². The molecule has 0 spiro atoms. The van der Waals surface area contributed by atoms with Crippen molar-refractivity contribution in [2.24, 2.45) is 5.92 Å². The van der Waals surface area contributed by atoms with E-state index in [-0.39, 0.29) is 5.82 Å². The second kappa shape index (κ2) is 5.14. The Hall–Kier alpha value is -1.62. The monoisotopic (exact) mass is 236 g/mol. The summed E-state index contributed by atoms with van der Waals surface area (Å²) in [6, 6.07) is 4.53. The van der Waals surface area contributed by atoms with Gasteiger partial charge < -0.3 is 15.6 Å². The first-order valence-electron chi connectivity index (χ1n) is 5.73. The van der Waals surface area contributed by atoms with Gasteiger partial charge in [0, 0.05) is 6.54 Å². The number of imidazole rings is 1. The Balaban J connectivity index is 2.04. The van der Waals surface area contributed by atoms with Crippen LogP contribution in [0, 0.1) is 11.7 Å². The van der Waals surface area contributed by atoms with E-state index in [1.807, 2.05) is 7.05 Å². The summed E-state index contributed by atoms with van der Waals surface area (Å²) >= 11 is 0. The number of nitrogens with zero attached hydrogens (tertiary/aromatic N) is 1. The highest BCUT2D eigenvalue weighted by molar-refractivity contribution is 5.77. The van der Waals surface area contributed by atoms with Gasteiger partial charge in [0.15, 0.2) is 0 Å². The molecule has 0 fully saturated rings. The molecule has 0 radical (unpaired) electrons. The highest BCUT2D eigenvalue weighted by Gasteiger charge is 2.05. The number of hydrogen-bond donors (Lipinski definition) is 3. The zero-order valence-corrected chi connectivity index (χ0v) is 10.0. The summed E-state index contributed by atoms with van der Waals surface area (Å²) in [6.07, 6.45) is 0. The molecule has 0 aliphatic rings. The molecule has 4 nitrogen and oxygen atoms in total. The topological polar surface area (TPSA) is 52.7 Å². The Morgan fingerprint density at radius 2 is 2.24 bits per heavy atom. The minimum absolute atomic E-state index is 0.253. The third-order valence-corrected chi connectivity index (χ3v) is 2.61. The number of fused-ring (bicyclic) bond motifs is 1. The largest absolute Gasteiger partial charge is 0.355 e. The molecule has 2 rings (SSSR count). The number of rotatable bonds is 5. The SMILES string of the molecule is CNCC(C)CNc1nc2ccc(F)cc2[nH]1. The predicted molar refractivity (Wildman–Crippen MR) is 67.6 cm³/mol. The third-order valence-electron chi connectivity index (χ3n) is 2.61. The number of aromatic nitrogens is 2. The van der Waals surface area contributed by atoms with Crippen LogP contribution in [0.15, 0.2) is 18.2 Å². The number of anilines is 1. The van der Waals surface area contributed by atoms with Gasteiger partial charge in [-0.2, -0.15) is 0 Å². The van der Waals surface area contributed by atoms with Crippen LogP contribution in [0.2, 0.25) is 0 Å². The molecule has 0 aliphatic carbocycles. The second-order valence-corrected chi connectivity index (χ2v) is 4.29. The van der Waals surface area contributed by atoms with Crippen molar-refractivity contribution in [1.29, 1.82) is 0 Å². The van der Waals surface area contributed by atoms with E-state index < -0.39 is 0 Å². The average Bonchev–Trinajstić information content (AvgIpc) is 2.68. The van der Waals surface area contributed by atoms with Crippen molar-refractivity contribution in [2.45, 2.75) is 6.92 Å². The summed E-state index contributed by atoms with van der Waals surface area (Å²) < 4.78 is 13.0. The van der Waals surface area contributed by atoms with E-state index >= 15 is 0 Å². The third kappa shape index (κ3) is 2.94. The maximum absolute atomic E-state index is 13.0. The van der Waals surface area contributed by atoms with E-state index in [2.05, 4.69) is 27.5 Å². The molecule has 0 aliphatic heterocycles. The van der Waals surface area contributed by atoms with Gasteiger partial charge in [-0.15, -0.1) is 0 Å². The zero-order chi connectivity index (χ0) is 12.3. The van der Waals surface area contributed by atoms with Crippen molar-refractivity contribution < 1.29 is 4.39 Å². The highest BCUT2D eigenvalue weighted by atomic mass is 19.1. The minimum atomic E-state index is -0.253. The molecule has 0 bridgehead atoms. The van der Waals surface area contributed by atoms with Crippen molar-refractivity contribution >= 4 is 17.0 Å². The van der Waals surface area contributed by atoms with Gasteiger partial charge in [0.1, 0.15) is 5.82 Å². The summed E-state index contributed by atoms with van der Waals surface area (Å²) in [6.45, 7) is 3.91. The summed E-state index contributed by atoms with van der Waals surface area (Å²) in [4.78, 5) is 7.38. The lowest BCUT2D eigenvalue weighted by Crippen LogP contribution is -2.23. The molecule has 92 valence electrons. The lowest BCUT2D eigenvalue weighted by Gasteiger charge is -2.10. The first-order valence-corrected chi connectivity index (χ1v) is 5.73. The van der Waals surface area contributed by atoms with E-state index in [1.54, 1.807) is 6.07 Å². The maximum atomic E-state index is 13.0. The first-order chi connectivity index (χ1) is 8.19. The van der Waals surface area contributed by atoms with Crippen LogP contribution < -0.4 is 10.6 Å². The Morgan fingerprint density at radius 1 is 1.41 bits per heavy atom. The smallest absolute Gasteiger partial charge is 0.201 e. The van der Waals surface area contributed by atoms with Gasteiger partial charge in [-0.1, -0.05) is 6.92 Å². The van der Waals surface area contributed by atoms with Gasteiger partial charge in [-0.3, -0.25) is 0 Å². The molecule has 2 aromatic rings. The molecule has 0 amide bonds. The minimum Gasteiger partial charge on any atom is -0.355 e. The molecule has 1 aromatic carbocycles. The molecular weight excluding hydrogens is 219 g/mol. The number of H-pyrrole nitrogens is 1. The van der Waals surface area contributed by atoms with Crippen LogP contribution in [0.25, 0.3) is 11.0 Å². The number of benzene rings is 1. The standard InChI is InChI=1S/C12H17FN4/c1-8(6-14-2)7-15-12-16-10-4-3-9(13)5-11(10)17-12/h3-5,8,14H,6-7H2,1-2H3,(H2,15,16,17). The van der Waals surface area contributed by atoms with E-state index in [4.69, 9.17) is 0 Å². The number of hydrogen-bond acceptors (Lipinski definition) is 3. The van der Waals surface area contributed by atoms with Crippen LogP contribution in [-0.4, -0.2) is 30.1 Å². The first kappa shape index (κ1) is 11.9. The van der Waals surface area contributed by atoms with Gasteiger partial charge in [0.25, 0.3) is 0 Å². The molecule has 3 N–H and O–H groups in total. The Labute approximate surface area is 99.6 Å². The molecule has 1 aromatic heterocycles. The summed E-state index contributed by atoms with van der Waals surface area (Å²) in [7, 11) is 1.93. The molecule has 1 heterocycles. The Kier molecular flexibility index (Phi) is 3.58. The maximum Gasteiger partial charge on any atom is 0.201 e. The van der Waals surface area contributed by atoms with Crippen LogP contribution in [0.3, 0.4) is 0 Å². The van der Waals surface area contributed by atoms with Crippen LogP contribution in [-0.2, 0) is 0 Å². The van der Waals surface area contributed by atoms with Crippen LogP contribution in [0.5, 0.6) is 0 Å². The van der Waals surface area contributed by atoms with Crippen LogP contribution in [0.4, 0.5) is 10.3 Å². The molecule has 1 atom stereocenters. The van der Waals surface area contributed by atoms with E-state index in [0.29, 0.717) is 17.4 Å². The van der Waals surface area contributed by atoms with Crippen LogP contribution >= 0.6 is 0 Å². The van der Waals surface area contributed by atoms with Gasteiger partial charge in [-0.25, -0.2) is 9.37 Å². The normalized spacial score (nSPS) is 12.9. The van der Waals surface area contributed by atoms with Crippen molar-refractivity contribution in [2.75, 3.05) is 25.5 Å². The quantitative estimate of drug-likeness (QED) is 0.744. The van der Waals surface area contributed by atoms with Crippen molar-refractivity contribution in [3.63, 3.8) is 0 Å². The molecule has 0 saturated heterocycles. The van der Waals surface area contributed by atoms with E-state index in [1.165, 1.54) is 12.1 Å². The van der Waals surface area contributed by atoms with Crippen LogP contribution in [0.1, 0.15) is 6.92 Å². The van der Waals surface area contributed by atoms with Crippen molar-refractivity contribution in [1.82, 2.24) is 15.3 Å². The summed E-state index contributed by atoms with van der Waals surface area (Å²) in [5, 5.41) is 6.33. The second-order valence-electron chi connectivity index (χ2n) is 4.29. The summed E-state index contributed by atoms with van der Waals surface area (Å²) in [5.74, 6) is 0.940. The average molecular weight is 236 g/mol. The fraction of sp³-hybridized carbons (Fsp3) is 0.417. The molecule has 1 unspecified atom stereocenters. The summed E-state index contributed by atoms with van der Waals surface area (Å²) in [5.41, 5.74) is 1.49. The van der Waals surface area contributed by atoms with E-state index in [9.17, 15) is 4.39 Å². The van der Waals surface area contributed by atoms with Crippen molar-refractivity contribution in [3.05, 3.63) is 24.0 Å². The molecule has 5 heteroatoms. The fourth-order valence-corrected chi connectivity index (χ4v) is 1.76. The van der Waals surface area contributed by atoms with Gasteiger partial charge in [-0.05, 0) is 37.7 Å². The number of halogens is 1. The molecule has 17 heavy (non-hydrogen) atoms. The lowest BCUT2D eigenvalue weighted by atomic mass is 10.2. The van der Waals surface area contributed by atoms with Gasteiger partial charge in [0.05, 0.1) is 11.0 Å². The molecular formula is C12H17FN4. The Bertz CT molecular complexity index is 494.